The normalized spacial score (nSPS) is 14.9. The number of likely N-dealkylation sites (tertiary alicyclic amines) is 1. The highest BCUT2D eigenvalue weighted by Crippen LogP contribution is 2.25. The molecule has 0 unspecified atom stereocenters. The number of benzene rings is 2. The fourth-order valence-corrected chi connectivity index (χ4v) is 4.74. The Labute approximate surface area is 217 Å². The number of hydrogen-bond acceptors (Lipinski definition) is 4. The molecule has 1 saturated heterocycles. The first kappa shape index (κ1) is 27.2. The molecule has 1 aromatic heterocycles. The second kappa shape index (κ2) is 10.8. The number of piperidine rings is 1. The van der Waals surface area contributed by atoms with E-state index in [0.717, 1.165) is 18.4 Å². The van der Waals surface area contributed by atoms with Gasteiger partial charge >= 0.3 is 6.18 Å². The van der Waals surface area contributed by atoms with Crippen LogP contribution in [0.4, 0.5) is 23.2 Å². The van der Waals surface area contributed by atoms with E-state index in [2.05, 4.69) is 4.99 Å². The van der Waals surface area contributed by atoms with Gasteiger partial charge in [0.1, 0.15) is 18.1 Å². The molecule has 1 fully saturated rings. The minimum Gasteiger partial charge on any atom is -0.398 e. The highest BCUT2D eigenvalue weighted by molar-refractivity contribution is 6.00. The summed E-state index contributed by atoms with van der Waals surface area (Å²) >= 11 is 0. The molecule has 11 heteroatoms. The van der Waals surface area contributed by atoms with Crippen molar-refractivity contribution in [1.29, 1.82) is 0 Å². The van der Waals surface area contributed by atoms with E-state index in [4.69, 9.17) is 5.73 Å². The highest BCUT2D eigenvalue weighted by Gasteiger charge is 2.28. The quantitative estimate of drug-likeness (QED) is 0.279. The van der Waals surface area contributed by atoms with Crippen LogP contribution in [-0.2, 0) is 7.05 Å². The Kier molecular flexibility index (Phi) is 7.75. The van der Waals surface area contributed by atoms with Crippen LogP contribution in [0.1, 0.15) is 44.8 Å². The molecule has 2 heterocycles. The Bertz CT molecular complexity index is 1390. The number of aliphatic imine (C=N–C) groups is 1. The maximum atomic E-state index is 13.6. The van der Waals surface area contributed by atoms with Crippen molar-refractivity contribution in [3.05, 3.63) is 64.6 Å². The predicted molar refractivity (Wildman–Crippen MR) is 138 cm³/mol. The SMILES string of the molecule is Cc1c(C(=O)NCC(F)(F)F)ccc(N)c1C=NCC1CCN(C(=O)c2cc3cc(F)ccc3n2C)CC1. The fraction of sp³-hybridized carbons (Fsp3) is 0.370. The molecule has 0 aliphatic carbocycles. The number of halogens is 4. The number of anilines is 1. The van der Waals surface area contributed by atoms with Gasteiger partial charge in [-0.15, -0.1) is 0 Å². The molecule has 2 aromatic carbocycles. The van der Waals surface area contributed by atoms with Crippen LogP contribution in [-0.4, -0.2) is 59.9 Å². The van der Waals surface area contributed by atoms with Crippen LogP contribution in [0, 0.1) is 18.7 Å². The zero-order valence-electron chi connectivity index (χ0n) is 21.1. The number of hydrogen-bond donors (Lipinski definition) is 2. The van der Waals surface area contributed by atoms with Crippen LogP contribution in [0.3, 0.4) is 0 Å². The molecule has 0 spiro atoms. The number of carbonyl (C=O) groups excluding carboxylic acids is 2. The van der Waals surface area contributed by atoms with Gasteiger partial charge in [-0.1, -0.05) is 0 Å². The molecule has 38 heavy (non-hydrogen) atoms. The first-order chi connectivity index (χ1) is 17.9. The number of nitrogens with two attached hydrogens (primary N) is 1. The molecule has 4 rings (SSSR count). The molecule has 3 aromatic rings. The summed E-state index contributed by atoms with van der Waals surface area (Å²) in [5.41, 5.74) is 8.74. The number of amides is 2. The summed E-state index contributed by atoms with van der Waals surface area (Å²) in [7, 11) is 1.79. The van der Waals surface area contributed by atoms with Gasteiger partial charge in [-0.25, -0.2) is 4.39 Å². The average molecular weight is 532 g/mol. The van der Waals surface area contributed by atoms with Gasteiger partial charge in [0.25, 0.3) is 11.8 Å². The van der Waals surface area contributed by atoms with Gasteiger partial charge in [-0.05, 0) is 67.6 Å². The molecule has 202 valence electrons. The zero-order chi connectivity index (χ0) is 27.6. The molecule has 2 amide bonds. The first-order valence-corrected chi connectivity index (χ1v) is 12.2. The fourth-order valence-electron chi connectivity index (χ4n) is 4.74. The number of carbonyl (C=O) groups is 2. The zero-order valence-corrected chi connectivity index (χ0v) is 21.1. The Hall–Kier alpha value is -3.89. The summed E-state index contributed by atoms with van der Waals surface area (Å²) in [6.45, 7) is 1.81. The van der Waals surface area contributed by atoms with Gasteiger partial charge in [0, 0.05) is 60.6 Å². The molecular weight excluding hydrogens is 502 g/mol. The Balaban J connectivity index is 1.35. The Morgan fingerprint density at radius 1 is 1.16 bits per heavy atom. The number of nitrogen functional groups attached to an aromatic ring is 1. The number of nitrogens with one attached hydrogen (secondary N) is 1. The number of alkyl halides is 3. The van der Waals surface area contributed by atoms with Gasteiger partial charge in [-0.2, -0.15) is 13.2 Å². The molecule has 1 aliphatic heterocycles. The van der Waals surface area contributed by atoms with Gasteiger partial charge < -0.3 is 20.5 Å². The number of aromatic nitrogens is 1. The standard InChI is InChI=1S/C27H29F4N5O2/c1-16-20(25(37)34-15-27(29,30)31)4-5-22(32)21(16)14-33-13-17-7-9-36(10-8-17)26(38)24-12-18-11-19(28)3-6-23(18)35(24)2/h3-6,11-12,14,17H,7-10,13,15,32H2,1-2H3,(H,34,37). The van der Waals surface area contributed by atoms with Crippen molar-refractivity contribution >= 4 is 34.6 Å². The van der Waals surface area contributed by atoms with Crippen LogP contribution in [0.5, 0.6) is 0 Å². The lowest BCUT2D eigenvalue weighted by Crippen LogP contribution is -2.39. The third kappa shape index (κ3) is 5.98. The highest BCUT2D eigenvalue weighted by atomic mass is 19.4. The minimum atomic E-state index is -4.50. The van der Waals surface area contributed by atoms with Crippen LogP contribution >= 0.6 is 0 Å². The lowest BCUT2D eigenvalue weighted by molar-refractivity contribution is -0.123. The molecule has 0 saturated carbocycles. The number of nitrogens with zero attached hydrogens (tertiary/aromatic N) is 3. The van der Waals surface area contributed by atoms with Crippen molar-refractivity contribution in [2.24, 2.45) is 18.0 Å². The van der Waals surface area contributed by atoms with Crippen LogP contribution in [0.2, 0.25) is 0 Å². The van der Waals surface area contributed by atoms with Crippen LogP contribution in [0.15, 0.2) is 41.4 Å². The maximum absolute atomic E-state index is 13.6. The molecule has 0 radical (unpaired) electrons. The van der Waals surface area contributed by atoms with E-state index in [1.165, 1.54) is 24.3 Å². The second-order valence-corrected chi connectivity index (χ2v) is 9.56. The van der Waals surface area contributed by atoms with E-state index in [0.29, 0.717) is 47.5 Å². The summed E-state index contributed by atoms with van der Waals surface area (Å²) < 4.78 is 52.7. The van der Waals surface area contributed by atoms with Crippen LogP contribution < -0.4 is 11.1 Å². The van der Waals surface area contributed by atoms with Gasteiger partial charge in [0.05, 0.1) is 0 Å². The van der Waals surface area contributed by atoms with E-state index >= 15 is 0 Å². The van der Waals surface area contributed by atoms with Gasteiger partial charge in [-0.3, -0.25) is 14.6 Å². The van der Waals surface area contributed by atoms with E-state index in [1.54, 1.807) is 41.8 Å². The topological polar surface area (TPSA) is 92.7 Å². The molecule has 3 N–H and O–H groups in total. The molecule has 1 aliphatic rings. The second-order valence-electron chi connectivity index (χ2n) is 9.56. The van der Waals surface area contributed by atoms with Crippen molar-refractivity contribution < 1.29 is 27.2 Å². The maximum Gasteiger partial charge on any atom is 0.405 e. The molecule has 0 atom stereocenters. The van der Waals surface area contributed by atoms with Crippen molar-refractivity contribution in [3.8, 4) is 0 Å². The van der Waals surface area contributed by atoms with E-state index in [9.17, 15) is 27.2 Å². The van der Waals surface area contributed by atoms with E-state index < -0.39 is 18.6 Å². The average Bonchev–Trinajstić information content (AvgIpc) is 3.19. The third-order valence-corrected chi connectivity index (χ3v) is 6.95. The first-order valence-electron chi connectivity index (χ1n) is 12.2. The summed E-state index contributed by atoms with van der Waals surface area (Å²) in [6.07, 6.45) is -1.46. The van der Waals surface area contributed by atoms with Crippen molar-refractivity contribution in [2.75, 3.05) is 31.9 Å². The molecule has 7 nitrogen and oxygen atoms in total. The van der Waals surface area contributed by atoms with E-state index in [1.807, 2.05) is 5.32 Å². The Morgan fingerprint density at radius 2 is 1.87 bits per heavy atom. The largest absolute Gasteiger partial charge is 0.405 e. The number of aryl methyl sites for hydroxylation is 1. The predicted octanol–water partition coefficient (Wildman–Crippen LogP) is 4.47. The summed E-state index contributed by atoms with van der Waals surface area (Å²) in [6, 6.07) is 9.02. The lowest BCUT2D eigenvalue weighted by Gasteiger charge is -2.31. The summed E-state index contributed by atoms with van der Waals surface area (Å²) in [5, 5.41) is 2.55. The number of fused-ring (bicyclic) bond motifs is 1. The van der Waals surface area contributed by atoms with Crippen molar-refractivity contribution in [1.82, 2.24) is 14.8 Å². The summed E-state index contributed by atoms with van der Waals surface area (Å²) in [5.74, 6) is -1.05. The Morgan fingerprint density at radius 3 is 2.55 bits per heavy atom. The van der Waals surface area contributed by atoms with Gasteiger partial charge in [0.2, 0.25) is 0 Å². The van der Waals surface area contributed by atoms with Crippen molar-refractivity contribution in [3.63, 3.8) is 0 Å². The molecule has 0 bridgehead atoms. The number of rotatable bonds is 6. The lowest BCUT2D eigenvalue weighted by atomic mass is 9.96. The smallest absolute Gasteiger partial charge is 0.398 e. The van der Waals surface area contributed by atoms with Crippen molar-refractivity contribution in [2.45, 2.75) is 25.9 Å². The van der Waals surface area contributed by atoms with Crippen LogP contribution in [0.25, 0.3) is 10.9 Å². The van der Waals surface area contributed by atoms with Gasteiger partial charge in [0.15, 0.2) is 0 Å². The summed E-state index contributed by atoms with van der Waals surface area (Å²) in [4.78, 5) is 31.6. The minimum absolute atomic E-state index is 0.102. The van der Waals surface area contributed by atoms with E-state index in [-0.39, 0.29) is 23.2 Å². The molecular formula is C27H29F4N5O2. The third-order valence-electron chi connectivity index (χ3n) is 6.95. The monoisotopic (exact) mass is 531 g/mol.